The average Bonchev–Trinajstić information content (AvgIpc) is 3.38. The molecule has 1 saturated heterocycles. The van der Waals surface area contributed by atoms with Gasteiger partial charge in [-0.3, -0.25) is 4.99 Å². The summed E-state index contributed by atoms with van der Waals surface area (Å²) in [5, 5.41) is 7.42. The van der Waals surface area contributed by atoms with Gasteiger partial charge in [0, 0.05) is 37.5 Å². The summed E-state index contributed by atoms with van der Waals surface area (Å²) in [6.45, 7) is 8.41. The van der Waals surface area contributed by atoms with Crippen LogP contribution in [0.25, 0.3) is 0 Å². The molecular weight excluding hydrogens is 497 g/mol. The molecule has 2 heterocycles. The summed E-state index contributed by atoms with van der Waals surface area (Å²) in [6, 6.07) is 6.06. The number of benzene rings is 1. The first-order valence-corrected chi connectivity index (χ1v) is 9.85. The van der Waals surface area contributed by atoms with Crippen LogP contribution in [0, 0.1) is 0 Å². The Kier molecular flexibility index (Phi) is 8.34. The van der Waals surface area contributed by atoms with E-state index in [4.69, 9.17) is 14.0 Å². The molecular formula is C21H32IN5O3. The minimum atomic E-state index is -0.160. The zero-order valence-electron chi connectivity index (χ0n) is 18.6. The minimum Gasteiger partial charge on any atom is -0.497 e. The largest absolute Gasteiger partial charge is 0.497 e. The molecule has 3 rings (SSSR count). The van der Waals surface area contributed by atoms with Gasteiger partial charge < -0.3 is 24.2 Å². The van der Waals surface area contributed by atoms with Crippen molar-refractivity contribution in [1.29, 1.82) is 0 Å². The molecule has 9 heteroatoms. The Morgan fingerprint density at radius 2 is 1.90 bits per heavy atom. The molecule has 1 aromatic heterocycles. The molecule has 0 bridgehead atoms. The molecule has 8 nitrogen and oxygen atoms in total. The van der Waals surface area contributed by atoms with Gasteiger partial charge >= 0.3 is 0 Å². The molecule has 0 radical (unpaired) electrons. The van der Waals surface area contributed by atoms with Crippen LogP contribution in [0.3, 0.4) is 0 Å². The lowest BCUT2D eigenvalue weighted by atomic mass is 9.97. The zero-order valence-corrected chi connectivity index (χ0v) is 20.9. The van der Waals surface area contributed by atoms with E-state index in [1.54, 1.807) is 21.3 Å². The van der Waals surface area contributed by atoms with E-state index >= 15 is 0 Å². The number of rotatable bonds is 5. The molecule has 1 aliphatic heterocycles. The van der Waals surface area contributed by atoms with Crippen LogP contribution in [-0.2, 0) is 12.0 Å². The van der Waals surface area contributed by atoms with Gasteiger partial charge in [0.1, 0.15) is 11.5 Å². The Bertz CT molecular complexity index is 840. The van der Waals surface area contributed by atoms with Gasteiger partial charge in [0.05, 0.1) is 20.8 Å². The standard InChI is InChI=1S/C21H31N5O3.HI/c1-21(2,3)19-24-18(25-29-19)12-23-20(22-4)26-8-7-14(13-26)15-9-16(27-5)11-17(10-15)28-6;/h9-11,14H,7-8,12-13H2,1-6H3,(H,22,23);1H. The Labute approximate surface area is 195 Å². The molecule has 1 atom stereocenters. The molecule has 2 aromatic rings. The summed E-state index contributed by atoms with van der Waals surface area (Å²) in [6.07, 6.45) is 1.04. The lowest BCUT2D eigenvalue weighted by molar-refractivity contribution is 0.318. The maximum atomic E-state index is 5.41. The summed E-state index contributed by atoms with van der Waals surface area (Å²) in [5.41, 5.74) is 1.06. The van der Waals surface area contributed by atoms with Crippen molar-refractivity contribution in [3.05, 3.63) is 35.5 Å². The van der Waals surface area contributed by atoms with Crippen molar-refractivity contribution in [2.24, 2.45) is 4.99 Å². The van der Waals surface area contributed by atoms with Gasteiger partial charge in [0.15, 0.2) is 11.8 Å². The first-order valence-electron chi connectivity index (χ1n) is 9.85. The van der Waals surface area contributed by atoms with Gasteiger partial charge in [-0.1, -0.05) is 25.9 Å². The van der Waals surface area contributed by atoms with Crippen LogP contribution in [0.1, 0.15) is 50.4 Å². The highest BCUT2D eigenvalue weighted by Gasteiger charge is 2.27. The van der Waals surface area contributed by atoms with Crippen molar-refractivity contribution in [2.75, 3.05) is 34.4 Å². The summed E-state index contributed by atoms with van der Waals surface area (Å²) in [7, 11) is 5.14. The molecule has 0 spiro atoms. The third-order valence-corrected chi connectivity index (χ3v) is 5.06. The average molecular weight is 529 g/mol. The van der Waals surface area contributed by atoms with Crippen molar-refractivity contribution in [2.45, 2.75) is 45.1 Å². The number of likely N-dealkylation sites (tertiary alicyclic amines) is 1. The molecule has 166 valence electrons. The maximum Gasteiger partial charge on any atom is 0.232 e. The van der Waals surface area contributed by atoms with Gasteiger partial charge in [-0.05, 0) is 24.1 Å². The van der Waals surface area contributed by atoms with Crippen molar-refractivity contribution in [3.63, 3.8) is 0 Å². The number of aliphatic imine (C=N–C) groups is 1. The molecule has 1 fully saturated rings. The van der Waals surface area contributed by atoms with Crippen LogP contribution < -0.4 is 14.8 Å². The SMILES string of the molecule is CN=C(NCc1noc(C(C)(C)C)n1)N1CCC(c2cc(OC)cc(OC)c2)C1.I. The Morgan fingerprint density at radius 1 is 1.23 bits per heavy atom. The third-order valence-electron chi connectivity index (χ3n) is 5.06. The van der Waals surface area contributed by atoms with E-state index < -0.39 is 0 Å². The van der Waals surface area contributed by atoms with Gasteiger partial charge in [-0.15, -0.1) is 24.0 Å². The molecule has 0 saturated carbocycles. The summed E-state index contributed by atoms with van der Waals surface area (Å²) in [5.74, 6) is 4.11. The third kappa shape index (κ3) is 5.77. The fraction of sp³-hybridized carbons (Fsp3) is 0.571. The molecule has 0 amide bonds. The quantitative estimate of drug-likeness (QED) is 0.360. The number of nitrogens with one attached hydrogen (secondary N) is 1. The van der Waals surface area contributed by atoms with Gasteiger partial charge in [-0.25, -0.2) is 0 Å². The summed E-state index contributed by atoms with van der Waals surface area (Å²) in [4.78, 5) is 11.2. The highest BCUT2D eigenvalue weighted by Crippen LogP contribution is 2.33. The number of nitrogens with zero attached hydrogens (tertiary/aromatic N) is 4. The first-order chi connectivity index (χ1) is 13.8. The lowest BCUT2D eigenvalue weighted by Gasteiger charge is -2.21. The smallest absolute Gasteiger partial charge is 0.232 e. The topological polar surface area (TPSA) is 85.0 Å². The fourth-order valence-electron chi connectivity index (χ4n) is 3.41. The molecule has 30 heavy (non-hydrogen) atoms. The van der Waals surface area contributed by atoms with E-state index in [2.05, 4.69) is 58.3 Å². The molecule has 1 aromatic carbocycles. The number of hydrogen-bond acceptors (Lipinski definition) is 6. The van der Waals surface area contributed by atoms with Crippen molar-refractivity contribution < 1.29 is 14.0 Å². The van der Waals surface area contributed by atoms with Crippen molar-refractivity contribution in [1.82, 2.24) is 20.4 Å². The van der Waals surface area contributed by atoms with Crippen molar-refractivity contribution >= 4 is 29.9 Å². The minimum absolute atomic E-state index is 0. The Balaban J connectivity index is 0.00000320. The number of aromatic nitrogens is 2. The zero-order chi connectivity index (χ0) is 21.0. The first kappa shape index (κ1) is 24.2. The van der Waals surface area contributed by atoms with Gasteiger partial charge in [-0.2, -0.15) is 4.98 Å². The second-order valence-electron chi connectivity index (χ2n) is 8.24. The van der Waals surface area contributed by atoms with E-state index in [-0.39, 0.29) is 29.4 Å². The van der Waals surface area contributed by atoms with Crippen LogP contribution >= 0.6 is 24.0 Å². The highest BCUT2D eigenvalue weighted by molar-refractivity contribution is 14.0. The number of ether oxygens (including phenoxy) is 2. The van der Waals surface area contributed by atoms with Crippen LogP contribution in [0.4, 0.5) is 0 Å². The van der Waals surface area contributed by atoms with Crippen LogP contribution in [0.15, 0.2) is 27.7 Å². The van der Waals surface area contributed by atoms with Crippen LogP contribution in [-0.4, -0.2) is 55.4 Å². The van der Waals surface area contributed by atoms with E-state index in [9.17, 15) is 0 Å². The number of guanidine groups is 1. The number of halogens is 1. The Morgan fingerprint density at radius 3 is 2.43 bits per heavy atom. The number of methoxy groups -OCH3 is 2. The normalized spacial score (nSPS) is 16.9. The van der Waals surface area contributed by atoms with Crippen molar-refractivity contribution in [3.8, 4) is 11.5 Å². The predicted molar refractivity (Wildman–Crippen MR) is 127 cm³/mol. The lowest BCUT2D eigenvalue weighted by Crippen LogP contribution is -2.39. The second-order valence-corrected chi connectivity index (χ2v) is 8.24. The summed E-state index contributed by atoms with van der Waals surface area (Å²) >= 11 is 0. The van der Waals surface area contributed by atoms with Crippen LogP contribution in [0.5, 0.6) is 11.5 Å². The van der Waals surface area contributed by atoms with E-state index in [0.29, 0.717) is 24.2 Å². The molecule has 1 aliphatic rings. The Hall–Kier alpha value is -2.04. The van der Waals surface area contributed by atoms with Gasteiger partial charge in [0.2, 0.25) is 5.89 Å². The second kappa shape index (κ2) is 10.3. The predicted octanol–water partition coefficient (Wildman–Crippen LogP) is 3.57. The molecule has 0 aliphatic carbocycles. The monoisotopic (exact) mass is 529 g/mol. The van der Waals surface area contributed by atoms with E-state index in [0.717, 1.165) is 37.0 Å². The van der Waals surface area contributed by atoms with E-state index in [1.807, 2.05) is 6.07 Å². The fourth-order valence-corrected chi connectivity index (χ4v) is 3.41. The molecule has 1 N–H and O–H groups in total. The summed E-state index contributed by atoms with van der Waals surface area (Å²) < 4.78 is 16.2. The molecule has 1 unspecified atom stereocenters. The number of hydrogen-bond donors (Lipinski definition) is 1. The maximum absolute atomic E-state index is 5.41. The van der Waals surface area contributed by atoms with Gasteiger partial charge in [0.25, 0.3) is 0 Å². The highest BCUT2D eigenvalue weighted by atomic mass is 127. The van der Waals surface area contributed by atoms with E-state index in [1.165, 1.54) is 5.56 Å². The van der Waals surface area contributed by atoms with Crippen LogP contribution in [0.2, 0.25) is 0 Å².